The van der Waals surface area contributed by atoms with E-state index in [2.05, 4.69) is 185 Å². The van der Waals surface area contributed by atoms with Crippen LogP contribution in [0, 0.1) is 0 Å². The number of hydrogen-bond acceptors (Lipinski definition) is 0. The summed E-state index contributed by atoms with van der Waals surface area (Å²) in [5, 5.41) is 5.23. The van der Waals surface area contributed by atoms with Crippen LogP contribution in [0.15, 0.2) is 176 Å². The predicted molar refractivity (Wildman–Crippen MR) is 216 cm³/mol. The highest BCUT2D eigenvalue weighted by Gasteiger charge is 2.40. The van der Waals surface area contributed by atoms with E-state index in [-0.39, 0.29) is 6.71 Å². The van der Waals surface area contributed by atoms with Gasteiger partial charge < -0.3 is 9.13 Å². The minimum Gasteiger partial charge on any atom is -0.310 e. The lowest BCUT2D eigenvalue weighted by atomic mass is 9.34. The quantitative estimate of drug-likeness (QED) is 0.170. The lowest BCUT2D eigenvalue weighted by molar-refractivity contribution is 1.14. The molecule has 0 spiro atoms. The van der Waals surface area contributed by atoms with Gasteiger partial charge in [0.25, 0.3) is 6.71 Å². The van der Waals surface area contributed by atoms with Gasteiger partial charge in [0.2, 0.25) is 0 Å². The van der Waals surface area contributed by atoms with Gasteiger partial charge >= 0.3 is 0 Å². The lowest BCUT2D eigenvalue weighted by Gasteiger charge is -2.34. The van der Waals surface area contributed by atoms with E-state index in [1.165, 1.54) is 105 Å². The Morgan fingerprint density at radius 1 is 0.314 bits per heavy atom. The molecule has 12 rings (SSSR count). The third-order valence-electron chi connectivity index (χ3n) is 11.5. The number of aromatic nitrogens is 2. The minimum atomic E-state index is 0.126. The molecule has 0 unspecified atom stereocenters. The largest absolute Gasteiger partial charge is 0.310 e. The van der Waals surface area contributed by atoms with Crippen LogP contribution in [-0.4, -0.2) is 15.8 Å². The van der Waals surface area contributed by atoms with Crippen molar-refractivity contribution in [2.75, 3.05) is 0 Å². The minimum absolute atomic E-state index is 0.126. The first-order valence-corrected chi connectivity index (χ1v) is 17.8. The Kier molecular flexibility index (Phi) is 5.35. The Labute approximate surface area is 295 Å². The molecule has 0 saturated carbocycles. The zero-order chi connectivity index (χ0) is 33.2. The molecule has 0 amide bonds. The Morgan fingerprint density at radius 2 is 0.706 bits per heavy atom. The number of hydrogen-bond donors (Lipinski definition) is 0. The first kappa shape index (κ1) is 27.3. The van der Waals surface area contributed by atoms with Crippen LogP contribution < -0.4 is 16.4 Å². The highest BCUT2D eigenvalue weighted by molar-refractivity contribution is 7.00. The topological polar surface area (TPSA) is 9.86 Å². The second-order valence-electron chi connectivity index (χ2n) is 14.1. The summed E-state index contributed by atoms with van der Waals surface area (Å²) in [5.74, 6) is 0. The van der Waals surface area contributed by atoms with Crippen molar-refractivity contribution in [3.8, 4) is 44.8 Å². The molecule has 10 aromatic rings. The summed E-state index contributed by atoms with van der Waals surface area (Å²) in [7, 11) is 0. The van der Waals surface area contributed by atoms with Crippen LogP contribution >= 0.6 is 0 Å². The van der Waals surface area contributed by atoms with E-state index in [0.29, 0.717) is 0 Å². The zero-order valence-corrected chi connectivity index (χ0v) is 27.7. The van der Waals surface area contributed by atoms with E-state index in [4.69, 9.17) is 0 Å². The Bertz CT molecular complexity index is 2880. The van der Waals surface area contributed by atoms with E-state index in [1.54, 1.807) is 0 Å². The molecule has 2 aromatic heterocycles. The summed E-state index contributed by atoms with van der Waals surface area (Å²) in [6, 6.07) is 65.4. The fraction of sp³-hybridized carbons (Fsp3) is 0. The molecule has 2 aliphatic heterocycles. The molecule has 0 bridgehead atoms. The van der Waals surface area contributed by atoms with E-state index >= 15 is 0 Å². The van der Waals surface area contributed by atoms with Crippen LogP contribution in [0.4, 0.5) is 0 Å². The SMILES string of the molecule is c1ccc(-c2cc(-c3ccccc3)cc(-c3cc4c5c(c3)-n3c6ccccc6c6cccc(c63)B5c3cccc5c6ccccc6n-4c35)c2)cc1. The summed E-state index contributed by atoms with van der Waals surface area (Å²) in [6.45, 7) is 0.126. The molecule has 0 saturated heterocycles. The molecular weight excluding hydrogens is 615 g/mol. The second kappa shape index (κ2) is 10.00. The van der Waals surface area contributed by atoms with Crippen LogP contribution in [0.2, 0.25) is 0 Å². The van der Waals surface area contributed by atoms with Gasteiger partial charge in [-0.1, -0.05) is 133 Å². The predicted octanol–water partition coefficient (Wildman–Crippen LogP) is 10.0. The molecule has 2 nitrogen and oxygen atoms in total. The molecule has 51 heavy (non-hydrogen) atoms. The molecular formula is C48H29BN2. The lowest BCUT2D eigenvalue weighted by Crippen LogP contribution is -2.59. The van der Waals surface area contributed by atoms with Gasteiger partial charge in [0.05, 0.1) is 11.0 Å². The van der Waals surface area contributed by atoms with Crippen molar-refractivity contribution in [2.24, 2.45) is 0 Å². The van der Waals surface area contributed by atoms with Gasteiger partial charge in [-0.2, -0.15) is 0 Å². The van der Waals surface area contributed by atoms with Crippen LogP contribution in [0.25, 0.3) is 88.4 Å². The summed E-state index contributed by atoms with van der Waals surface area (Å²) in [5.41, 5.74) is 19.1. The van der Waals surface area contributed by atoms with Crippen molar-refractivity contribution in [3.63, 3.8) is 0 Å². The molecule has 3 heteroatoms. The number of para-hydroxylation sites is 4. The van der Waals surface area contributed by atoms with Gasteiger partial charge in [-0.05, 0) is 92.2 Å². The molecule has 0 fully saturated rings. The Hall–Kier alpha value is -6.58. The van der Waals surface area contributed by atoms with Crippen molar-refractivity contribution in [3.05, 3.63) is 176 Å². The normalized spacial score (nSPS) is 12.7. The fourth-order valence-electron chi connectivity index (χ4n) is 9.38. The maximum Gasteiger partial charge on any atom is 0.252 e. The third-order valence-corrected chi connectivity index (χ3v) is 11.5. The molecule has 4 heterocycles. The number of fused-ring (bicyclic) bond motifs is 10. The van der Waals surface area contributed by atoms with Crippen LogP contribution in [-0.2, 0) is 0 Å². The maximum atomic E-state index is 2.56. The van der Waals surface area contributed by atoms with Gasteiger partial charge in [-0.3, -0.25) is 0 Å². The highest BCUT2D eigenvalue weighted by atomic mass is 15.0. The molecule has 234 valence electrons. The second-order valence-corrected chi connectivity index (χ2v) is 14.1. The molecule has 0 radical (unpaired) electrons. The van der Waals surface area contributed by atoms with Crippen molar-refractivity contribution in [1.82, 2.24) is 9.13 Å². The monoisotopic (exact) mass is 644 g/mol. The summed E-state index contributed by atoms with van der Waals surface area (Å²) >= 11 is 0. The van der Waals surface area contributed by atoms with E-state index in [1.807, 2.05) is 0 Å². The fourth-order valence-corrected chi connectivity index (χ4v) is 9.38. The standard InChI is InChI=1S/C48H29BN2/c1-3-13-30(14-4-1)32-25-33(31-15-5-2-6-16-31)27-34(26-32)35-28-44-46-45(29-35)51-43-24-10-8-18-37(43)39-20-12-22-41(48(39)51)49(46)40-21-11-19-38-36-17-7-9-23-42(36)50(44)47(38)40/h1-29H. The maximum absolute atomic E-state index is 2.56. The average Bonchev–Trinajstić information content (AvgIpc) is 3.73. The first-order chi connectivity index (χ1) is 25.3. The van der Waals surface area contributed by atoms with Gasteiger partial charge in [0, 0.05) is 44.0 Å². The molecule has 2 aliphatic rings. The van der Waals surface area contributed by atoms with E-state index in [9.17, 15) is 0 Å². The summed E-state index contributed by atoms with van der Waals surface area (Å²) in [6.07, 6.45) is 0. The number of rotatable bonds is 3. The molecule has 0 aliphatic carbocycles. The number of nitrogens with zero attached hydrogens (tertiary/aromatic N) is 2. The van der Waals surface area contributed by atoms with E-state index in [0.717, 1.165) is 0 Å². The number of benzene rings is 8. The summed E-state index contributed by atoms with van der Waals surface area (Å²) < 4.78 is 5.13. The van der Waals surface area contributed by atoms with Crippen LogP contribution in [0.5, 0.6) is 0 Å². The van der Waals surface area contributed by atoms with Crippen molar-refractivity contribution >= 4 is 66.7 Å². The van der Waals surface area contributed by atoms with Gasteiger partial charge in [-0.15, -0.1) is 0 Å². The molecule has 0 N–H and O–H groups in total. The first-order valence-electron chi connectivity index (χ1n) is 17.8. The Morgan fingerprint density at radius 3 is 1.20 bits per heavy atom. The zero-order valence-electron chi connectivity index (χ0n) is 27.7. The van der Waals surface area contributed by atoms with Crippen LogP contribution in [0.3, 0.4) is 0 Å². The summed E-state index contributed by atoms with van der Waals surface area (Å²) in [4.78, 5) is 0. The molecule has 8 aromatic carbocycles. The van der Waals surface area contributed by atoms with Crippen molar-refractivity contribution in [2.45, 2.75) is 0 Å². The van der Waals surface area contributed by atoms with Gasteiger partial charge in [-0.25, -0.2) is 0 Å². The highest BCUT2D eigenvalue weighted by Crippen LogP contribution is 2.41. The van der Waals surface area contributed by atoms with E-state index < -0.39 is 0 Å². The Balaban J connectivity index is 1.25. The van der Waals surface area contributed by atoms with Crippen LogP contribution in [0.1, 0.15) is 0 Å². The van der Waals surface area contributed by atoms with Gasteiger partial charge in [0.15, 0.2) is 0 Å². The third kappa shape index (κ3) is 3.62. The van der Waals surface area contributed by atoms with Gasteiger partial charge in [0.1, 0.15) is 0 Å². The molecule has 0 atom stereocenters. The van der Waals surface area contributed by atoms with Crippen molar-refractivity contribution in [1.29, 1.82) is 0 Å². The van der Waals surface area contributed by atoms with Crippen molar-refractivity contribution < 1.29 is 0 Å². The smallest absolute Gasteiger partial charge is 0.252 e. The average molecular weight is 645 g/mol.